The Labute approximate surface area is 109 Å². The van der Waals surface area contributed by atoms with Crippen LogP contribution in [-0.2, 0) is 10.8 Å². The van der Waals surface area contributed by atoms with Crippen LogP contribution < -0.4 is 22.9 Å². The summed E-state index contributed by atoms with van der Waals surface area (Å²) in [5.41, 5.74) is 21.3. The minimum absolute atomic E-state index is 0.472. The molecule has 0 aromatic heterocycles. The Hall–Kier alpha value is -1.05. The van der Waals surface area contributed by atoms with E-state index in [1.165, 1.54) is 0 Å². The zero-order valence-electron chi connectivity index (χ0n) is 10.0. The van der Waals surface area contributed by atoms with E-state index in [2.05, 4.69) is 0 Å². The molecule has 0 bridgehead atoms. The van der Waals surface area contributed by atoms with E-state index in [4.69, 9.17) is 22.9 Å². The molecule has 0 amide bonds. The Balaban J connectivity index is 2.12. The van der Waals surface area contributed by atoms with Gasteiger partial charge in [0.25, 0.3) is 0 Å². The van der Waals surface area contributed by atoms with Crippen molar-refractivity contribution >= 4 is 10.8 Å². The lowest BCUT2D eigenvalue weighted by molar-refractivity contribution is 0.555. The Kier molecular flexibility index (Phi) is 3.39. The molecule has 0 saturated heterocycles. The quantitative estimate of drug-likeness (QED) is 0.509. The van der Waals surface area contributed by atoms with Gasteiger partial charge >= 0.3 is 0 Å². The van der Waals surface area contributed by atoms with Crippen molar-refractivity contribution in [1.82, 2.24) is 0 Å². The first-order valence-electron chi connectivity index (χ1n) is 5.65. The highest BCUT2D eigenvalue weighted by Crippen LogP contribution is 2.24. The molecule has 0 heterocycles. The summed E-state index contributed by atoms with van der Waals surface area (Å²) in [6, 6.07) is 0. The SMILES string of the molecule is NC1(N)C=CC(S(=O)C2=CCC(N)(N)C=C2)=CC1. The van der Waals surface area contributed by atoms with E-state index in [-0.39, 0.29) is 0 Å². The molecular formula is C12H18N4OS. The highest BCUT2D eigenvalue weighted by atomic mass is 32.2. The van der Waals surface area contributed by atoms with Crippen LogP contribution in [0.25, 0.3) is 0 Å². The Morgan fingerprint density at radius 3 is 1.56 bits per heavy atom. The second kappa shape index (κ2) is 4.56. The molecule has 0 aliphatic heterocycles. The maximum Gasteiger partial charge on any atom is 0.0867 e. The van der Waals surface area contributed by atoms with Crippen molar-refractivity contribution in [2.24, 2.45) is 22.9 Å². The second-order valence-electron chi connectivity index (χ2n) is 4.78. The first-order valence-corrected chi connectivity index (χ1v) is 6.80. The van der Waals surface area contributed by atoms with Crippen LogP contribution in [0, 0.1) is 0 Å². The van der Waals surface area contributed by atoms with Crippen LogP contribution in [0.1, 0.15) is 12.8 Å². The number of rotatable bonds is 2. The zero-order valence-corrected chi connectivity index (χ0v) is 10.8. The third-order valence-electron chi connectivity index (χ3n) is 2.86. The van der Waals surface area contributed by atoms with E-state index in [0.29, 0.717) is 22.7 Å². The van der Waals surface area contributed by atoms with Gasteiger partial charge in [-0.15, -0.1) is 0 Å². The van der Waals surface area contributed by atoms with Crippen LogP contribution in [-0.4, -0.2) is 15.5 Å². The average Bonchev–Trinajstić information content (AvgIpc) is 2.28. The molecule has 2 aliphatic carbocycles. The number of hydrogen-bond donors (Lipinski definition) is 4. The molecule has 0 atom stereocenters. The highest BCUT2D eigenvalue weighted by Gasteiger charge is 2.23. The fourth-order valence-electron chi connectivity index (χ4n) is 1.71. The normalized spacial score (nSPS) is 24.9. The molecule has 0 saturated carbocycles. The minimum Gasteiger partial charge on any atom is -0.310 e. The van der Waals surface area contributed by atoms with Crippen molar-refractivity contribution in [3.8, 4) is 0 Å². The molecule has 8 N–H and O–H groups in total. The first kappa shape index (κ1) is 13.4. The minimum atomic E-state index is -1.23. The number of allylic oxidation sites excluding steroid dienone is 2. The van der Waals surface area contributed by atoms with Crippen molar-refractivity contribution in [3.63, 3.8) is 0 Å². The van der Waals surface area contributed by atoms with Crippen LogP contribution in [0.15, 0.2) is 46.3 Å². The van der Waals surface area contributed by atoms with Crippen LogP contribution in [0.5, 0.6) is 0 Å². The predicted octanol–water partition coefficient (Wildman–Crippen LogP) is -0.350. The number of hydrogen-bond acceptors (Lipinski definition) is 5. The van der Waals surface area contributed by atoms with Gasteiger partial charge in [-0.05, 0) is 24.3 Å². The molecule has 2 rings (SSSR count). The van der Waals surface area contributed by atoms with Crippen molar-refractivity contribution in [1.29, 1.82) is 0 Å². The molecular weight excluding hydrogens is 248 g/mol. The van der Waals surface area contributed by atoms with Crippen LogP contribution in [0.3, 0.4) is 0 Å². The van der Waals surface area contributed by atoms with Gasteiger partial charge in [-0.2, -0.15) is 0 Å². The van der Waals surface area contributed by atoms with E-state index >= 15 is 0 Å². The maximum absolute atomic E-state index is 12.3. The van der Waals surface area contributed by atoms with Crippen LogP contribution in [0.4, 0.5) is 0 Å². The second-order valence-corrected chi connectivity index (χ2v) is 6.26. The molecule has 0 spiro atoms. The summed E-state index contributed by atoms with van der Waals surface area (Å²) in [4.78, 5) is 1.41. The van der Waals surface area contributed by atoms with Crippen molar-refractivity contribution in [3.05, 3.63) is 46.3 Å². The third kappa shape index (κ3) is 3.04. The summed E-state index contributed by atoms with van der Waals surface area (Å²) >= 11 is 0. The third-order valence-corrected chi connectivity index (χ3v) is 4.32. The van der Waals surface area contributed by atoms with Gasteiger partial charge in [0.1, 0.15) is 0 Å². The van der Waals surface area contributed by atoms with Gasteiger partial charge in [0.2, 0.25) is 0 Å². The Morgan fingerprint density at radius 2 is 1.28 bits per heavy atom. The summed E-state index contributed by atoms with van der Waals surface area (Å²) in [5, 5.41) is 0. The molecule has 98 valence electrons. The van der Waals surface area contributed by atoms with E-state index < -0.39 is 22.1 Å². The lowest BCUT2D eigenvalue weighted by Crippen LogP contribution is -2.48. The largest absolute Gasteiger partial charge is 0.310 e. The van der Waals surface area contributed by atoms with Gasteiger partial charge in [0.05, 0.1) is 22.1 Å². The van der Waals surface area contributed by atoms with Gasteiger partial charge in [-0.25, -0.2) is 4.21 Å². The standard InChI is InChI=1S/C12H18N4OS/c13-11(14)5-1-9(2-6-11)18(17)10-3-7-12(15,16)8-4-10/h1-5,7H,6,8,13-16H2. The molecule has 2 aliphatic rings. The fraction of sp³-hybridized carbons (Fsp3) is 0.333. The summed E-state index contributed by atoms with van der Waals surface area (Å²) in [5.74, 6) is 0. The molecule has 5 nitrogen and oxygen atoms in total. The lowest BCUT2D eigenvalue weighted by Gasteiger charge is -2.24. The van der Waals surface area contributed by atoms with E-state index in [9.17, 15) is 4.21 Å². The summed E-state index contributed by atoms with van der Waals surface area (Å²) in [6.07, 6.45) is 11.3. The number of nitrogens with two attached hydrogens (primary N) is 4. The van der Waals surface area contributed by atoms with Crippen molar-refractivity contribution < 1.29 is 4.21 Å². The summed E-state index contributed by atoms with van der Waals surface area (Å²) in [6.45, 7) is 0. The molecule has 18 heavy (non-hydrogen) atoms. The Bertz CT molecular complexity index is 456. The first-order chi connectivity index (χ1) is 8.29. The fourth-order valence-corrected chi connectivity index (χ4v) is 2.84. The van der Waals surface area contributed by atoms with Crippen molar-refractivity contribution in [2.75, 3.05) is 0 Å². The monoisotopic (exact) mass is 266 g/mol. The molecule has 0 fully saturated rings. The van der Waals surface area contributed by atoms with E-state index in [0.717, 1.165) is 0 Å². The van der Waals surface area contributed by atoms with Crippen LogP contribution in [0.2, 0.25) is 0 Å². The Morgan fingerprint density at radius 1 is 0.889 bits per heavy atom. The maximum atomic E-state index is 12.3. The average molecular weight is 266 g/mol. The summed E-state index contributed by atoms with van der Waals surface area (Å²) in [7, 11) is -1.23. The van der Waals surface area contributed by atoms with Gasteiger partial charge in [-0.3, -0.25) is 0 Å². The smallest absolute Gasteiger partial charge is 0.0867 e. The molecule has 6 heteroatoms. The molecule has 0 aromatic carbocycles. The molecule has 0 aromatic rings. The van der Waals surface area contributed by atoms with E-state index in [1.54, 1.807) is 36.5 Å². The molecule has 0 unspecified atom stereocenters. The highest BCUT2D eigenvalue weighted by molar-refractivity contribution is 7.93. The van der Waals surface area contributed by atoms with Gasteiger partial charge in [-0.1, -0.05) is 12.2 Å². The lowest BCUT2D eigenvalue weighted by atomic mass is 10.0. The van der Waals surface area contributed by atoms with Gasteiger partial charge in [0.15, 0.2) is 0 Å². The van der Waals surface area contributed by atoms with Crippen LogP contribution >= 0.6 is 0 Å². The topological polar surface area (TPSA) is 121 Å². The predicted molar refractivity (Wildman–Crippen MR) is 74.0 cm³/mol. The van der Waals surface area contributed by atoms with Gasteiger partial charge < -0.3 is 22.9 Å². The molecule has 0 radical (unpaired) electrons. The summed E-state index contributed by atoms with van der Waals surface area (Å²) < 4.78 is 12.3. The van der Waals surface area contributed by atoms with Gasteiger partial charge in [0, 0.05) is 22.7 Å². The zero-order chi connectivity index (χ0) is 13.4. The van der Waals surface area contributed by atoms with E-state index in [1.807, 2.05) is 0 Å². The van der Waals surface area contributed by atoms with Crippen molar-refractivity contribution in [2.45, 2.75) is 24.2 Å².